The standard InChI is InChI=1S/C14H13N3O2/c1-9(16)12-6-7-13(19-12)14(18)17-11-4-2-10(8-15)3-5-11/h2-7,9H,16H2,1H3,(H,17,18). The SMILES string of the molecule is CC(N)c1ccc(C(=O)Nc2ccc(C#N)cc2)o1. The topological polar surface area (TPSA) is 92.0 Å². The number of rotatable bonds is 3. The van der Waals surface area contributed by atoms with Crippen LogP contribution in [-0.4, -0.2) is 5.91 Å². The highest BCUT2D eigenvalue weighted by Crippen LogP contribution is 2.16. The van der Waals surface area contributed by atoms with Crippen molar-refractivity contribution in [2.24, 2.45) is 5.73 Å². The average Bonchev–Trinajstić information content (AvgIpc) is 2.89. The highest BCUT2D eigenvalue weighted by atomic mass is 16.4. The van der Waals surface area contributed by atoms with Gasteiger partial charge in [0.15, 0.2) is 5.76 Å². The molecular formula is C14H13N3O2. The minimum atomic E-state index is -0.350. The zero-order valence-corrected chi connectivity index (χ0v) is 10.4. The van der Waals surface area contributed by atoms with Crippen LogP contribution in [-0.2, 0) is 0 Å². The molecule has 0 saturated heterocycles. The molecule has 0 bridgehead atoms. The molecule has 2 aromatic rings. The van der Waals surface area contributed by atoms with Crippen LogP contribution < -0.4 is 11.1 Å². The normalized spacial score (nSPS) is 11.6. The largest absolute Gasteiger partial charge is 0.454 e. The summed E-state index contributed by atoms with van der Waals surface area (Å²) in [5, 5.41) is 11.4. The maximum atomic E-state index is 11.9. The Labute approximate surface area is 110 Å². The van der Waals surface area contributed by atoms with Crippen molar-refractivity contribution in [3.8, 4) is 6.07 Å². The van der Waals surface area contributed by atoms with E-state index in [-0.39, 0.29) is 17.7 Å². The molecule has 1 aromatic carbocycles. The highest BCUT2D eigenvalue weighted by molar-refractivity contribution is 6.02. The van der Waals surface area contributed by atoms with Crippen LogP contribution in [0.15, 0.2) is 40.8 Å². The van der Waals surface area contributed by atoms with Crippen LogP contribution >= 0.6 is 0 Å². The summed E-state index contributed by atoms with van der Waals surface area (Å²) in [6, 6.07) is 11.6. The van der Waals surface area contributed by atoms with Crippen molar-refractivity contribution in [2.75, 3.05) is 5.32 Å². The Kier molecular flexibility index (Phi) is 3.64. The van der Waals surface area contributed by atoms with Gasteiger partial charge in [-0.25, -0.2) is 0 Å². The lowest BCUT2D eigenvalue weighted by Gasteiger charge is -2.03. The first-order valence-electron chi connectivity index (χ1n) is 5.77. The second kappa shape index (κ2) is 5.38. The number of nitrogens with zero attached hydrogens (tertiary/aromatic N) is 1. The molecule has 0 aliphatic heterocycles. The summed E-state index contributed by atoms with van der Waals surface area (Å²) in [4.78, 5) is 11.9. The summed E-state index contributed by atoms with van der Waals surface area (Å²) in [6.45, 7) is 1.78. The lowest BCUT2D eigenvalue weighted by atomic mass is 10.2. The number of nitrogens with two attached hydrogens (primary N) is 1. The van der Waals surface area contributed by atoms with Gasteiger partial charge in [-0.1, -0.05) is 0 Å². The van der Waals surface area contributed by atoms with Crippen molar-refractivity contribution < 1.29 is 9.21 Å². The Hall–Kier alpha value is -2.58. The molecule has 0 saturated carbocycles. The molecule has 0 spiro atoms. The van der Waals surface area contributed by atoms with E-state index >= 15 is 0 Å². The molecule has 5 nitrogen and oxygen atoms in total. The third-order valence-corrected chi connectivity index (χ3v) is 2.57. The number of nitrogens with one attached hydrogen (secondary N) is 1. The molecule has 5 heteroatoms. The van der Waals surface area contributed by atoms with Crippen LogP contribution in [0, 0.1) is 11.3 Å². The second-order valence-corrected chi connectivity index (χ2v) is 4.13. The zero-order chi connectivity index (χ0) is 13.8. The van der Waals surface area contributed by atoms with E-state index < -0.39 is 0 Å². The predicted octanol–water partition coefficient (Wildman–Crippen LogP) is 2.42. The molecule has 1 heterocycles. The molecule has 1 unspecified atom stereocenters. The lowest BCUT2D eigenvalue weighted by Crippen LogP contribution is -2.11. The van der Waals surface area contributed by atoms with Crippen molar-refractivity contribution in [2.45, 2.75) is 13.0 Å². The number of furan rings is 1. The zero-order valence-electron chi connectivity index (χ0n) is 10.4. The number of carbonyl (C=O) groups is 1. The monoisotopic (exact) mass is 255 g/mol. The van der Waals surface area contributed by atoms with E-state index in [2.05, 4.69) is 5.32 Å². The number of hydrogen-bond acceptors (Lipinski definition) is 4. The Balaban J connectivity index is 2.09. The van der Waals surface area contributed by atoms with Gasteiger partial charge in [-0.05, 0) is 43.3 Å². The number of carbonyl (C=O) groups excluding carboxylic acids is 1. The van der Waals surface area contributed by atoms with Gasteiger partial charge in [0.1, 0.15) is 5.76 Å². The number of nitriles is 1. The Morgan fingerprint density at radius 3 is 2.53 bits per heavy atom. The third-order valence-electron chi connectivity index (χ3n) is 2.57. The van der Waals surface area contributed by atoms with Gasteiger partial charge >= 0.3 is 0 Å². The van der Waals surface area contributed by atoms with Crippen LogP contribution in [0.4, 0.5) is 5.69 Å². The van der Waals surface area contributed by atoms with Crippen molar-refractivity contribution in [1.82, 2.24) is 0 Å². The summed E-state index contributed by atoms with van der Waals surface area (Å²) < 4.78 is 5.33. The first-order valence-corrected chi connectivity index (χ1v) is 5.77. The molecule has 0 radical (unpaired) electrons. The second-order valence-electron chi connectivity index (χ2n) is 4.13. The molecule has 3 N–H and O–H groups in total. The van der Waals surface area contributed by atoms with Crippen molar-refractivity contribution >= 4 is 11.6 Å². The van der Waals surface area contributed by atoms with Gasteiger partial charge in [-0.3, -0.25) is 4.79 Å². The first-order chi connectivity index (χ1) is 9.10. The number of hydrogen-bond donors (Lipinski definition) is 2. The van der Waals surface area contributed by atoms with E-state index in [0.29, 0.717) is 17.0 Å². The Bertz CT molecular complexity index is 621. The van der Waals surface area contributed by atoms with E-state index in [1.807, 2.05) is 6.07 Å². The maximum absolute atomic E-state index is 11.9. The van der Waals surface area contributed by atoms with Crippen molar-refractivity contribution in [1.29, 1.82) is 5.26 Å². The van der Waals surface area contributed by atoms with Gasteiger partial charge in [-0.15, -0.1) is 0 Å². The number of amides is 1. The summed E-state index contributed by atoms with van der Waals surface area (Å²) in [5.74, 6) is 0.415. The van der Waals surface area contributed by atoms with E-state index in [4.69, 9.17) is 15.4 Å². The summed E-state index contributed by atoms with van der Waals surface area (Å²) >= 11 is 0. The minimum absolute atomic E-state index is 0.205. The van der Waals surface area contributed by atoms with Gasteiger partial charge in [0.25, 0.3) is 5.91 Å². The van der Waals surface area contributed by atoms with E-state index in [9.17, 15) is 4.79 Å². The minimum Gasteiger partial charge on any atom is -0.454 e. The predicted molar refractivity (Wildman–Crippen MR) is 70.4 cm³/mol. The average molecular weight is 255 g/mol. The fraction of sp³-hybridized carbons (Fsp3) is 0.143. The molecule has 1 atom stereocenters. The third kappa shape index (κ3) is 3.00. The molecular weight excluding hydrogens is 242 g/mol. The summed E-state index contributed by atoms with van der Waals surface area (Å²) in [6.07, 6.45) is 0. The van der Waals surface area contributed by atoms with Crippen LogP contribution in [0.2, 0.25) is 0 Å². The lowest BCUT2D eigenvalue weighted by molar-refractivity contribution is 0.0994. The van der Waals surface area contributed by atoms with Crippen molar-refractivity contribution in [3.63, 3.8) is 0 Å². The Morgan fingerprint density at radius 1 is 1.32 bits per heavy atom. The highest BCUT2D eigenvalue weighted by Gasteiger charge is 2.13. The summed E-state index contributed by atoms with van der Waals surface area (Å²) in [5.41, 5.74) is 6.79. The molecule has 2 rings (SSSR count). The molecule has 1 aromatic heterocycles. The van der Waals surface area contributed by atoms with Crippen LogP contribution in [0.3, 0.4) is 0 Å². The molecule has 1 amide bonds. The van der Waals surface area contributed by atoms with Gasteiger partial charge in [0, 0.05) is 5.69 Å². The van der Waals surface area contributed by atoms with Crippen LogP contribution in [0.1, 0.15) is 34.8 Å². The van der Waals surface area contributed by atoms with E-state index in [1.165, 1.54) is 0 Å². The molecule has 19 heavy (non-hydrogen) atoms. The Morgan fingerprint density at radius 2 is 2.00 bits per heavy atom. The maximum Gasteiger partial charge on any atom is 0.291 e. The fourth-order valence-electron chi connectivity index (χ4n) is 1.54. The van der Waals surface area contributed by atoms with E-state index in [0.717, 1.165) is 0 Å². The molecule has 96 valence electrons. The molecule has 0 fully saturated rings. The van der Waals surface area contributed by atoms with Gasteiger partial charge in [0.05, 0.1) is 17.7 Å². The van der Waals surface area contributed by atoms with Gasteiger partial charge in [0.2, 0.25) is 0 Å². The first kappa shape index (κ1) is 12.9. The smallest absolute Gasteiger partial charge is 0.291 e. The number of benzene rings is 1. The molecule has 0 aliphatic carbocycles. The van der Waals surface area contributed by atoms with Crippen LogP contribution in [0.5, 0.6) is 0 Å². The summed E-state index contributed by atoms with van der Waals surface area (Å²) in [7, 11) is 0. The quantitative estimate of drug-likeness (QED) is 0.880. The van der Waals surface area contributed by atoms with E-state index in [1.54, 1.807) is 43.3 Å². The fourth-order valence-corrected chi connectivity index (χ4v) is 1.54. The number of anilines is 1. The van der Waals surface area contributed by atoms with Crippen LogP contribution in [0.25, 0.3) is 0 Å². The molecule has 0 aliphatic rings. The van der Waals surface area contributed by atoms with Gasteiger partial charge in [-0.2, -0.15) is 5.26 Å². The van der Waals surface area contributed by atoms with Crippen molar-refractivity contribution in [3.05, 3.63) is 53.5 Å². The van der Waals surface area contributed by atoms with Gasteiger partial charge < -0.3 is 15.5 Å².